The van der Waals surface area contributed by atoms with Crippen molar-refractivity contribution < 1.29 is 14.3 Å². The Morgan fingerprint density at radius 2 is 1.92 bits per heavy atom. The highest BCUT2D eigenvalue weighted by Crippen LogP contribution is 2.18. The molecule has 1 fully saturated rings. The fourth-order valence-corrected chi connectivity index (χ4v) is 2.85. The van der Waals surface area contributed by atoms with Gasteiger partial charge in [0, 0.05) is 44.3 Å². The molecule has 2 heterocycles. The van der Waals surface area contributed by atoms with Gasteiger partial charge in [-0.05, 0) is 30.7 Å². The second-order valence-electron chi connectivity index (χ2n) is 6.19. The van der Waals surface area contributed by atoms with Crippen LogP contribution in [0.15, 0.2) is 42.6 Å². The number of hydrogen-bond donors (Lipinski definition) is 0. The van der Waals surface area contributed by atoms with Crippen molar-refractivity contribution in [1.82, 2.24) is 14.9 Å². The lowest BCUT2D eigenvalue weighted by molar-refractivity contribution is -0.127. The molecule has 1 amide bonds. The zero-order valence-electron chi connectivity index (χ0n) is 15.1. The van der Waals surface area contributed by atoms with Crippen LogP contribution in [0.1, 0.15) is 24.2 Å². The van der Waals surface area contributed by atoms with Gasteiger partial charge in [0.2, 0.25) is 11.8 Å². The Bertz CT molecular complexity index is 766. The van der Waals surface area contributed by atoms with Crippen LogP contribution in [0.2, 0.25) is 0 Å². The average molecular weight is 353 g/mol. The van der Waals surface area contributed by atoms with E-state index in [0.29, 0.717) is 24.8 Å². The van der Waals surface area contributed by atoms with Gasteiger partial charge >= 0.3 is 0 Å². The van der Waals surface area contributed by atoms with Gasteiger partial charge in [0.15, 0.2) is 0 Å². The first-order chi connectivity index (χ1) is 12.6. The smallest absolute Gasteiger partial charge is 0.246 e. The summed E-state index contributed by atoms with van der Waals surface area (Å²) in [6, 6.07) is 9.37. The Kier molecular flexibility index (Phi) is 5.84. The maximum Gasteiger partial charge on any atom is 0.246 e. The summed E-state index contributed by atoms with van der Waals surface area (Å²) >= 11 is 0. The number of piperidine rings is 1. The monoisotopic (exact) mass is 353 g/mol. The molecule has 1 aliphatic rings. The van der Waals surface area contributed by atoms with Gasteiger partial charge in [-0.15, -0.1) is 0 Å². The number of rotatable bonds is 5. The number of aromatic nitrogens is 2. The van der Waals surface area contributed by atoms with Crippen molar-refractivity contribution >= 4 is 12.0 Å². The van der Waals surface area contributed by atoms with E-state index in [-0.39, 0.29) is 12.0 Å². The fourth-order valence-electron chi connectivity index (χ4n) is 2.85. The molecule has 0 aliphatic carbocycles. The molecule has 0 atom stereocenters. The molecule has 26 heavy (non-hydrogen) atoms. The van der Waals surface area contributed by atoms with Crippen LogP contribution in [0.5, 0.6) is 11.6 Å². The number of carbonyl (C=O) groups excluding carboxylic acids is 1. The van der Waals surface area contributed by atoms with Gasteiger partial charge in [0.25, 0.3) is 0 Å². The number of likely N-dealkylation sites (tertiary alicyclic amines) is 1. The molecule has 0 bridgehead atoms. The Hall–Kier alpha value is -2.89. The number of amides is 1. The second-order valence-corrected chi connectivity index (χ2v) is 6.19. The van der Waals surface area contributed by atoms with Gasteiger partial charge in [-0.1, -0.05) is 12.1 Å². The Labute approximate surface area is 153 Å². The predicted octanol–water partition coefficient (Wildman–Crippen LogP) is 2.88. The topological polar surface area (TPSA) is 64.5 Å². The van der Waals surface area contributed by atoms with Crippen molar-refractivity contribution in [2.75, 3.05) is 20.2 Å². The van der Waals surface area contributed by atoms with Crippen molar-refractivity contribution in [2.24, 2.45) is 0 Å². The van der Waals surface area contributed by atoms with Crippen LogP contribution in [0.4, 0.5) is 0 Å². The van der Waals surface area contributed by atoms with E-state index in [1.807, 2.05) is 42.2 Å². The number of benzene rings is 1. The Balaban J connectivity index is 1.49. The summed E-state index contributed by atoms with van der Waals surface area (Å²) in [6.07, 6.45) is 6.82. The van der Waals surface area contributed by atoms with Gasteiger partial charge in [-0.25, -0.2) is 4.98 Å². The normalized spacial score (nSPS) is 15.2. The van der Waals surface area contributed by atoms with Crippen molar-refractivity contribution in [1.29, 1.82) is 0 Å². The van der Waals surface area contributed by atoms with Crippen molar-refractivity contribution in [3.8, 4) is 11.6 Å². The molecule has 0 N–H and O–H groups in total. The highest BCUT2D eigenvalue weighted by atomic mass is 16.5. The van der Waals surface area contributed by atoms with E-state index in [4.69, 9.17) is 9.47 Å². The first-order valence-electron chi connectivity index (χ1n) is 8.71. The fraction of sp³-hybridized carbons (Fsp3) is 0.350. The Morgan fingerprint density at radius 1 is 1.19 bits per heavy atom. The van der Waals surface area contributed by atoms with Crippen LogP contribution in [0.3, 0.4) is 0 Å². The summed E-state index contributed by atoms with van der Waals surface area (Å²) in [5, 5.41) is 0. The summed E-state index contributed by atoms with van der Waals surface area (Å²) < 4.78 is 11.0. The molecule has 0 saturated carbocycles. The molecule has 1 aliphatic heterocycles. The molecule has 0 unspecified atom stereocenters. The molecule has 136 valence electrons. The number of hydrogen-bond acceptors (Lipinski definition) is 5. The minimum absolute atomic E-state index is 0.0251. The lowest BCUT2D eigenvalue weighted by Crippen LogP contribution is -2.41. The first-order valence-corrected chi connectivity index (χ1v) is 8.71. The maximum absolute atomic E-state index is 12.4. The van der Waals surface area contributed by atoms with E-state index in [2.05, 4.69) is 9.97 Å². The van der Waals surface area contributed by atoms with E-state index < -0.39 is 0 Å². The summed E-state index contributed by atoms with van der Waals surface area (Å²) in [6.45, 7) is 3.20. The third-order valence-corrected chi connectivity index (χ3v) is 4.33. The minimum Gasteiger partial charge on any atom is -0.497 e. The summed E-state index contributed by atoms with van der Waals surface area (Å²) in [7, 11) is 1.63. The number of carbonyl (C=O) groups is 1. The van der Waals surface area contributed by atoms with E-state index >= 15 is 0 Å². The van der Waals surface area contributed by atoms with Gasteiger partial charge in [-0.3, -0.25) is 4.79 Å². The van der Waals surface area contributed by atoms with Crippen molar-refractivity contribution in [2.45, 2.75) is 25.9 Å². The largest absolute Gasteiger partial charge is 0.497 e. The molecular formula is C20H23N3O3. The van der Waals surface area contributed by atoms with E-state index in [9.17, 15) is 4.79 Å². The second kappa shape index (κ2) is 8.47. The first kappa shape index (κ1) is 17.9. The van der Waals surface area contributed by atoms with Gasteiger partial charge in [0.1, 0.15) is 17.7 Å². The lowest BCUT2D eigenvalue weighted by atomic mass is 10.1. The Morgan fingerprint density at radius 3 is 2.58 bits per heavy atom. The molecule has 1 aromatic heterocycles. The quantitative estimate of drug-likeness (QED) is 0.774. The zero-order chi connectivity index (χ0) is 18.4. The molecular weight excluding hydrogens is 330 g/mol. The average Bonchev–Trinajstić information content (AvgIpc) is 2.67. The standard InChI is InChI=1S/C20H23N3O3/c1-15-21-12-9-19(22-15)26-18-10-13-23(14-11-18)20(24)8-5-16-3-6-17(25-2)7-4-16/h3-9,12,18H,10-11,13-14H2,1-2H3/b8-5+. The molecule has 6 heteroatoms. The highest BCUT2D eigenvalue weighted by Gasteiger charge is 2.23. The van der Waals surface area contributed by atoms with Crippen LogP contribution in [-0.2, 0) is 4.79 Å². The van der Waals surface area contributed by atoms with Crippen LogP contribution >= 0.6 is 0 Å². The molecule has 0 spiro atoms. The lowest BCUT2D eigenvalue weighted by Gasteiger charge is -2.31. The number of methoxy groups -OCH3 is 1. The molecule has 0 radical (unpaired) electrons. The van der Waals surface area contributed by atoms with Gasteiger partial charge in [-0.2, -0.15) is 4.98 Å². The van der Waals surface area contributed by atoms with E-state index in [1.54, 1.807) is 25.4 Å². The third-order valence-electron chi connectivity index (χ3n) is 4.33. The maximum atomic E-state index is 12.4. The van der Waals surface area contributed by atoms with Crippen molar-refractivity contribution in [3.05, 3.63) is 54.0 Å². The summed E-state index contributed by atoms with van der Waals surface area (Å²) in [5.74, 6) is 2.12. The van der Waals surface area contributed by atoms with Gasteiger partial charge in [0.05, 0.1) is 7.11 Å². The van der Waals surface area contributed by atoms with E-state index in [1.165, 1.54) is 0 Å². The molecule has 6 nitrogen and oxygen atoms in total. The van der Waals surface area contributed by atoms with Crippen molar-refractivity contribution in [3.63, 3.8) is 0 Å². The van der Waals surface area contributed by atoms with Crippen LogP contribution in [-0.4, -0.2) is 47.1 Å². The number of nitrogens with zero attached hydrogens (tertiary/aromatic N) is 3. The highest BCUT2D eigenvalue weighted by molar-refractivity contribution is 5.91. The minimum atomic E-state index is 0.0251. The summed E-state index contributed by atoms with van der Waals surface area (Å²) in [4.78, 5) is 22.5. The third kappa shape index (κ3) is 4.81. The van der Waals surface area contributed by atoms with Crippen LogP contribution in [0, 0.1) is 6.92 Å². The number of aryl methyl sites for hydroxylation is 1. The predicted molar refractivity (Wildman–Crippen MR) is 99.0 cm³/mol. The molecule has 3 rings (SSSR count). The number of ether oxygens (including phenoxy) is 2. The molecule has 1 aromatic carbocycles. The van der Waals surface area contributed by atoms with Gasteiger partial charge < -0.3 is 14.4 Å². The zero-order valence-corrected chi connectivity index (χ0v) is 15.1. The van der Waals surface area contributed by atoms with Crippen LogP contribution < -0.4 is 9.47 Å². The molecule has 1 saturated heterocycles. The van der Waals surface area contributed by atoms with E-state index in [0.717, 1.165) is 24.2 Å². The van der Waals surface area contributed by atoms with Crippen LogP contribution in [0.25, 0.3) is 6.08 Å². The SMILES string of the molecule is COc1ccc(/C=C/C(=O)N2CCC(Oc3ccnc(C)n3)CC2)cc1. The molecule has 2 aromatic rings. The summed E-state index contributed by atoms with van der Waals surface area (Å²) in [5.41, 5.74) is 0.969.